The summed E-state index contributed by atoms with van der Waals surface area (Å²) in [5, 5.41) is 12.9. The van der Waals surface area contributed by atoms with Crippen molar-refractivity contribution in [2.45, 2.75) is 33.1 Å². The summed E-state index contributed by atoms with van der Waals surface area (Å²) in [5.74, 6) is -0.462. The number of rotatable bonds is 3. The summed E-state index contributed by atoms with van der Waals surface area (Å²) in [4.78, 5) is 10.6. The van der Waals surface area contributed by atoms with Crippen LogP contribution < -0.4 is 0 Å². The first-order chi connectivity index (χ1) is 6.43. The smallest absolute Gasteiger partial charge is 0.309 e. The van der Waals surface area contributed by atoms with Crippen molar-refractivity contribution in [3.05, 3.63) is 17.0 Å². The fraction of sp³-hybridized carbons (Fsp3) is 0.600. The molecule has 0 fully saturated rings. The molecule has 4 heteroatoms. The largest absolute Gasteiger partial charge is 0.481 e. The zero-order chi connectivity index (χ0) is 10.9. The predicted octanol–water partition coefficient (Wildman–Crippen LogP) is 1.48. The highest BCUT2D eigenvalue weighted by molar-refractivity contribution is 5.70. The van der Waals surface area contributed by atoms with Gasteiger partial charge in [0.25, 0.3) is 0 Å². The lowest BCUT2D eigenvalue weighted by molar-refractivity contribution is -0.136. The van der Waals surface area contributed by atoms with Crippen molar-refractivity contribution in [2.24, 2.45) is 7.05 Å². The van der Waals surface area contributed by atoms with Gasteiger partial charge in [-0.3, -0.25) is 9.48 Å². The van der Waals surface area contributed by atoms with E-state index < -0.39 is 5.97 Å². The predicted molar refractivity (Wildman–Crippen MR) is 53.4 cm³/mol. The van der Waals surface area contributed by atoms with Gasteiger partial charge < -0.3 is 5.11 Å². The molecule has 0 aromatic carbocycles. The fourth-order valence-corrected chi connectivity index (χ4v) is 1.82. The molecule has 0 aliphatic rings. The van der Waals surface area contributed by atoms with E-state index in [4.69, 9.17) is 5.11 Å². The monoisotopic (exact) mass is 196 g/mol. The summed E-state index contributed by atoms with van der Waals surface area (Å²) >= 11 is 0. The number of aliphatic carboxylic acids is 1. The molecule has 0 saturated heterocycles. The van der Waals surface area contributed by atoms with Gasteiger partial charge in [-0.2, -0.15) is 5.10 Å². The molecule has 4 nitrogen and oxygen atoms in total. The summed E-state index contributed by atoms with van der Waals surface area (Å²) < 4.78 is 1.78. The van der Waals surface area contributed by atoms with Crippen LogP contribution in [0.15, 0.2) is 0 Å². The molecule has 1 aromatic heterocycles. The van der Waals surface area contributed by atoms with Gasteiger partial charge in [-0.15, -0.1) is 0 Å². The van der Waals surface area contributed by atoms with Gasteiger partial charge in [0, 0.05) is 12.7 Å². The first-order valence-corrected chi connectivity index (χ1v) is 4.67. The SMILES string of the molecule is Cc1c(CC(=O)O)nn(C)c1C(C)C. The van der Waals surface area contributed by atoms with Crippen LogP contribution in [-0.2, 0) is 18.3 Å². The van der Waals surface area contributed by atoms with Crippen LogP contribution in [0.5, 0.6) is 0 Å². The lowest BCUT2D eigenvalue weighted by Crippen LogP contribution is -2.02. The number of hydrogen-bond donors (Lipinski definition) is 1. The Labute approximate surface area is 83.5 Å². The summed E-state index contributed by atoms with van der Waals surface area (Å²) in [7, 11) is 1.85. The highest BCUT2D eigenvalue weighted by Gasteiger charge is 2.16. The molecule has 0 amide bonds. The standard InChI is InChI=1S/C10H16N2O2/c1-6(2)10-7(3)8(5-9(13)14)11-12(10)4/h6H,5H2,1-4H3,(H,13,14). The van der Waals surface area contributed by atoms with Crippen molar-refractivity contribution < 1.29 is 9.90 Å². The van der Waals surface area contributed by atoms with Gasteiger partial charge in [0.2, 0.25) is 0 Å². The second-order valence-electron chi connectivity index (χ2n) is 3.81. The molecule has 0 unspecified atom stereocenters. The van der Waals surface area contributed by atoms with Crippen LogP contribution in [-0.4, -0.2) is 20.9 Å². The molecular weight excluding hydrogens is 180 g/mol. The minimum Gasteiger partial charge on any atom is -0.481 e. The maximum atomic E-state index is 10.6. The van der Waals surface area contributed by atoms with Crippen molar-refractivity contribution in [2.75, 3.05) is 0 Å². The summed E-state index contributed by atoms with van der Waals surface area (Å²) in [6.07, 6.45) is 0.00634. The number of carboxylic acids is 1. The number of carboxylic acid groups (broad SMARTS) is 1. The molecule has 0 radical (unpaired) electrons. The van der Waals surface area contributed by atoms with Crippen molar-refractivity contribution in [3.63, 3.8) is 0 Å². The van der Waals surface area contributed by atoms with Crippen LogP contribution >= 0.6 is 0 Å². The quantitative estimate of drug-likeness (QED) is 0.796. The summed E-state index contributed by atoms with van der Waals surface area (Å²) in [6.45, 7) is 6.09. The Morgan fingerprint density at radius 1 is 1.57 bits per heavy atom. The minimum atomic E-state index is -0.832. The van der Waals surface area contributed by atoms with E-state index in [-0.39, 0.29) is 6.42 Å². The van der Waals surface area contributed by atoms with Crippen molar-refractivity contribution in [1.82, 2.24) is 9.78 Å². The van der Waals surface area contributed by atoms with Crippen LogP contribution in [0.3, 0.4) is 0 Å². The third-order valence-corrected chi connectivity index (χ3v) is 2.30. The van der Waals surface area contributed by atoms with E-state index in [1.807, 2.05) is 14.0 Å². The normalized spacial score (nSPS) is 10.9. The molecule has 1 rings (SSSR count). The van der Waals surface area contributed by atoms with Crippen LogP contribution in [0.1, 0.15) is 36.7 Å². The molecule has 1 N–H and O–H groups in total. The second kappa shape index (κ2) is 3.82. The molecule has 14 heavy (non-hydrogen) atoms. The Bertz CT molecular complexity index is 353. The van der Waals surface area contributed by atoms with Gasteiger partial charge in [-0.05, 0) is 18.4 Å². The first-order valence-electron chi connectivity index (χ1n) is 4.67. The molecule has 0 saturated carbocycles. The van der Waals surface area contributed by atoms with Gasteiger partial charge in [-0.25, -0.2) is 0 Å². The number of aryl methyl sites for hydroxylation is 1. The van der Waals surface area contributed by atoms with E-state index in [9.17, 15) is 4.79 Å². The van der Waals surface area contributed by atoms with Gasteiger partial charge in [0.05, 0.1) is 12.1 Å². The Balaban J connectivity index is 3.10. The fourth-order valence-electron chi connectivity index (χ4n) is 1.82. The van der Waals surface area contributed by atoms with Gasteiger partial charge in [0.15, 0.2) is 0 Å². The van der Waals surface area contributed by atoms with Gasteiger partial charge >= 0.3 is 5.97 Å². The Hall–Kier alpha value is -1.32. The third kappa shape index (κ3) is 1.95. The van der Waals surface area contributed by atoms with Crippen LogP contribution in [0.4, 0.5) is 0 Å². The van der Waals surface area contributed by atoms with Crippen molar-refractivity contribution in [3.8, 4) is 0 Å². The van der Waals surface area contributed by atoms with Gasteiger partial charge in [0.1, 0.15) is 0 Å². The molecule has 0 spiro atoms. The third-order valence-electron chi connectivity index (χ3n) is 2.30. The van der Waals surface area contributed by atoms with E-state index in [2.05, 4.69) is 18.9 Å². The van der Waals surface area contributed by atoms with Crippen LogP contribution in [0.25, 0.3) is 0 Å². The van der Waals surface area contributed by atoms with E-state index in [0.29, 0.717) is 11.6 Å². The molecule has 78 valence electrons. The first kappa shape index (κ1) is 10.8. The minimum absolute atomic E-state index is 0.00634. The lowest BCUT2D eigenvalue weighted by Gasteiger charge is -2.06. The zero-order valence-corrected chi connectivity index (χ0v) is 9.03. The molecule has 0 atom stereocenters. The van der Waals surface area contributed by atoms with Crippen molar-refractivity contribution >= 4 is 5.97 Å². The molecule has 0 bridgehead atoms. The highest BCUT2D eigenvalue weighted by Crippen LogP contribution is 2.21. The second-order valence-corrected chi connectivity index (χ2v) is 3.81. The van der Waals surface area contributed by atoms with E-state index >= 15 is 0 Å². The average molecular weight is 196 g/mol. The zero-order valence-electron chi connectivity index (χ0n) is 9.03. The van der Waals surface area contributed by atoms with E-state index in [1.165, 1.54) is 0 Å². The van der Waals surface area contributed by atoms with Gasteiger partial charge in [-0.1, -0.05) is 13.8 Å². The maximum absolute atomic E-state index is 10.6. The number of carbonyl (C=O) groups is 1. The topological polar surface area (TPSA) is 55.1 Å². The lowest BCUT2D eigenvalue weighted by atomic mass is 10.0. The molecule has 0 aliphatic heterocycles. The molecule has 0 aliphatic carbocycles. The summed E-state index contributed by atoms with van der Waals surface area (Å²) in [5.41, 5.74) is 2.79. The molecule has 1 aromatic rings. The summed E-state index contributed by atoms with van der Waals surface area (Å²) in [6, 6.07) is 0. The maximum Gasteiger partial charge on any atom is 0.309 e. The van der Waals surface area contributed by atoms with Crippen LogP contribution in [0.2, 0.25) is 0 Å². The number of aromatic nitrogens is 2. The Kier molecular flexibility index (Phi) is 2.93. The number of hydrogen-bond acceptors (Lipinski definition) is 2. The van der Waals surface area contributed by atoms with Crippen LogP contribution in [0, 0.1) is 6.92 Å². The Morgan fingerprint density at radius 3 is 2.50 bits per heavy atom. The molecular formula is C10H16N2O2. The molecule has 1 heterocycles. The Morgan fingerprint density at radius 2 is 2.14 bits per heavy atom. The average Bonchev–Trinajstić information content (AvgIpc) is 2.25. The van der Waals surface area contributed by atoms with Crippen molar-refractivity contribution in [1.29, 1.82) is 0 Å². The van der Waals surface area contributed by atoms with E-state index in [0.717, 1.165) is 11.3 Å². The highest BCUT2D eigenvalue weighted by atomic mass is 16.4. The van der Waals surface area contributed by atoms with E-state index in [1.54, 1.807) is 4.68 Å². The number of nitrogens with zero attached hydrogens (tertiary/aromatic N) is 2.